The van der Waals surface area contributed by atoms with Crippen LogP contribution in [0.15, 0.2) is 6.07 Å². The molecule has 6 nitrogen and oxygen atoms in total. The standard InChI is InChI=1S/C19H25N3O3/c1-10-9-13(14-11(2)21-22(5)17(14)20-10)18(23)25-16-12-7-6-8-24-15(12)19(16,3)4/h9,12,15-16H,6-8H2,1-5H3/t12-,15-,16+/m0/s1. The van der Waals surface area contributed by atoms with Gasteiger partial charge < -0.3 is 9.47 Å². The average Bonchev–Trinajstić information content (AvgIpc) is 2.86. The molecular weight excluding hydrogens is 318 g/mol. The lowest BCUT2D eigenvalue weighted by Crippen LogP contribution is -2.65. The van der Waals surface area contributed by atoms with Gasteiger partial charge in [-0.15, -0.1) is 0 Å². The van der Waals surface area contributed by atoms with Crippen LogP contribution in [0.4, 0.5) is 0 Å². The molecule has 0 aromatic carbocycles. The van der Waals surface area contributed by atoms with Crippen LogP contribution in [-0.4, -0.2) is 39.5 Å². The van der Waals surface area contributed by atoms with Crippen molar-refractivity contribution in [2.75, 3.05) is 6.61 Å². The first-order valence-corrected chi connectivity index (χ1v) is 8.94. The number of pyridine rings is 1. The van der Waals surface area contributed by atoms with Crippen LogP contribution in [0.3, 0.4) is 0 Å². The summed E-state index contributed by atoms with van der Waals surface area (Å²) in [6.45, 7) is 8.84. The van der Waals surface area contributed by atoms with Gasteiger partial charge in [0.25, 0.3) is 0 Å². The van der Waals surface area contributed by atoms with Crippen molar-refractivity contribution in [1.82, 2.24) is 14.8 Å². The summed E-state index contributed by atoms with van der Waals surface area (Å²) >= 11 is 0. The molecule has 0 bridgehead atoms. The van der Waals surface area contributed by atoms with Crippen molar-refractivity contribution in [2.24, 2.45) is 18.4 Å². The first kappa shape index (κ1) is 16.5. The SMILES string of the molecule is Cc1cc(C(=O)O[C@@H]2[C@H]3CCCO[C@@H]3C2(C)C)c2c(C)nn(C)c2n1. The zero-order valence-corrected chi connectivity index (χ0v) is 15.5. The first-order valence-electron chi connectivity index (χ1n) is 8.94. The van der Waals surface area contributed by atoms with Crippen molar-refractivity contribution in [3.05, 3.63) is 23.0 Å². The minimum Gasteiger partial charge on any atom is -0.458 e. The predicted octanol–water partition coefficient (Wildman–Crippen LogP) is 2.95. The van der Waals surface area contributed by atoms with Crippen molar-refractivity contribution < 1.29 is 14.3 Å². The summed E-state index contributed by atoms with van der Waals surface area (Å²) in [4.78, 5) is 17.5. The van der Waals surface area contributed by atoms with Crippen LogP contribution in [0.5, 0.6) is 0 Å². The Balaban J connectivity index is 1.67. The Bertz CT molecular complexity index is 855. The quantitative estimate of drug-likeness (QED) is 0.784. The average molecular weight is 343 g/mol. The summed E-state index contributed by atoms with van der Waals surface area (Å²) in [5.74, 6) is 0.0230. The number of esters is 1. The molecule has 6 heteroatoms. The number of ether oxygens (including phenoxy) is 2. The molecule has 1 aliphatic heterocycles. The highest BCUT2D eigenvalue weighted by Gasteiger charge is 2.60. The van der Waals surface area contributed by atoms with Crippen molar-refractivity contribution >= 4 is 17.0 Å². The minimum atomic E-state index is -0.284. The number of nitrogens with zero attached hydrogens (tertiary/aromatic N) is 3. The second-order valence-corrected chi connectivity index (χ2v) is 7.96. The molecule has 25 heavy (non-hydrogen) atoms. The Hall–Kier alpha value is -1.95. The Morgan fingerprint density at radius 3 is 2.92 bits per heavy atom. The molecule has 0 unspecified atom stereocenters. The van der Waals surface area contributed by atoms with E-state index in [1.165, 1.54) is 0 Å². The number of carbonyl (C=O) groups is 1. The van der Waals surface area contributed by atoms with Crippen LogP contribution in [-0.2, 0) is 16.5 Å². The predicted molar refractivity (Wildman–Crippen MR) is 93.4 cm³/mol. The number of carbonyl (C=O) groups excluding carboxylic acids is 1. The van der Waals surface area contributed by atoms with E-state index >= 15 is 0 Å². The van der Waals surface area contributed by atoms with Gasteiger partial charge in [0.05, 0.1) is 22.7 Å². The molecule has 4 rings (SSSR count). The van der Waals surface area contributed by atoms with Crippen molar-refractivity contribution in [3.8, 4) is 0 Å². The lowest BCUT2D eigenvalue weighted by Gasteiger charge is -2.58. The molecule has 1 saturated carbocycles. The van der Waals surface area contributed by atoms with Gasteiger partial charge in [-0.1, -0.05) is 13.8 Å². The molecule has 0 spiro atoms. The number of hydrogen-bond acceptors (Lipinski definition) is 5. The highest BCUT2D eigenvalue weighted by Crippen LogP contribution is 2.53. The van der Waals surface area contributed by atoms with E-state index in [-0.39, 0.29) is 23.6 Å². The minimum absolute atomic E-state index is 0.106. The second-order valence-electron chi connectivity index (χ2n) is 7.96. The van der Waals surface area contributed by atoms with Gasteiger partial charge in [0, 0.05) is 30.7 Å². The van der Waals surface area contributed by atoms with Crippen LogP contribution >= 0.6 is 0 Å². The summed E-state index contributed by atoms with van der Waals surface area (Å²) in [6, 6.07) is 1.81. The van der Waals surface area contributed by atoms with Crippen LogP contribution in [0.25, 0.3) is 11.0 Å². The van der Waals surface area contributed by atoms with Gasteiger partial charge in [0.2, 0.25) is 0 Å². The fourth-order valence-electron chi connectivity index (χ4n) is 4.63. The number of rotatable bonds is 2. The van der Waals surface area contributed by atoms with E-state index in [1.807, 2.05) is 20.9 Å². The molecular formula is C19H25N3O3. The largest absolute Gasteiger partial charge is 0.458 e. The monoisotopic (exact) mass is 343 g/mol. The first-order chi connectivity index (χ1) is 11.8. The van der Waals surface area contributed by atoms with Gasteiger partial charge >= 0.3 is 5.97 Å². The maximum atomic E-state index is 13.0. The van der Waals surface area contributed by atoms with Gasteiger partial charge in [-0.3, -0.25) is 4.68 Å². The third-order valence-electron chi connectivity index (χ3n) is 5.77. The van der Waals surface area contributed by atoms with Crippen LogP contribution < -0.4 is 0 Å². The number of aromatic nitrogens is 3. The third-order valence-corrected chi connectivity index (χ3v) is 5.77. The van der Waals surface area contributed by atoms with Gasteiger partial charge in [0.15, 0.2) is 5.65 Å². The Morgan fingerprint density at radius 2 is 2.16 bits per heavy atom. The fourth-order valence-corrected chi connectivity index (χ4v) is 4.63. The summed E-state index contributed by atoms with van der Waals surface area (Å²) in [5.41, 5.74) is 2.71. The van der Waals surface area contributed by atoms with Crippen LogP contribution in [0, 0.1) is 25.2 Å². The van der Waals surface area contributed by atoms with Gasteiger partial charge in [0.1, 0.15) is 6.10 Å². The molecule has 0 radical (unpaired) electrons. The summed E-state index contributed by atoms with van der Waals surface area (Å²) < 4.78 is 13.6. The smallest absolute Gasteiger partial charge is 0.339 e. The second kappa shape index (κ2) is 5.53. The topological polar surface area (TPSA) is 66.2 Å². The van der Waals surface area contributed by atoms with Crippen molar-refractivity contribution in [3.63, 3.8) is 0 Å². The molecule has 1 aliphatic carbocycles. The van der Waals surface area contributed by atoms with E-state index in [0.29, 0.717) is 11.5 Å². The maximum absolute atomic E-state index is 13.0. The molecule has 134 valence electrons. The summed E-state index contributed by atoms with van der Waals surface area (Å²) in [7, 11) is 1.84. The van der Waals surface area contributed by atoms with E-state index < -0.39 is 0 Å². The van der Waals surface area contributed by atoms with Crippen LogP contribution in [0.1, 0.15) is 48.4 Å². The number of fused-ring (bicyclic) bond motifs is 2. The molecule has 0 N–H and O–H groups in total. The molecule has 2 fully saturated rings. The zero-order chi connectivity index (χ0) is 17.9. The zero-order valence-electron chi connectivity index (χ0n) is 15.5. The van der Waals surface area contributed by atoms with E-state index in [2.05, 4.69) is 23.9 Å². The molecule has 3 atom stereocenters. The third kappa shape index (κ3) is 2.38. The van der Waals surface area contributed by atoms with E-state index in [4.69, 9.17) is 9.47 Å². The van der Waals surface area contributed by atoms with Crippen molar-refractivity contribution in [1.29, 1.82) is 0 Å². The lowest BCUT2D eigenvalue weighted by atomic mass is 9.56. The normalized spacial score (nSPS) is 27.6. The maximum Gasteiger partial charge on any atom is 0.339 e. The summed E-state index contributed by atoms with van der Waals surface area (Å²) in [6.07, 6.45) is 2.18. The number of aryl methyl sites for hydroxylation is 3. The Kier molecular flexibility index (Phi) is 3.65. The molecule has 2 aliphatic rings. The molecule has 3 heterocycles. The lowest BCUT2D eigenvalue weighted by molar-refractivity contribution is -0.243. The summed E-state index contributed by atoms with van der Waals surface area (Å²) in [5, 5.41) is 5.19. The molecule has 2 aromatic heterocycles. The molecule has 1 saturated heterocycles. The Morgan fingerprint density at radius 1 is 1.40 bits per heavy atom. The highest BCUT2D eigenvalue weighted by atomic mass is 16.6. The van der Waals surface area contributed by atoms with Gasteiger partial charge in [-0.05, 0) is 32.8 Å². The van der Waals surface area contributed by atoms with E-state index in [9.17, 15) is 4.79 Å². The van der Waals surface area contributed by atoms with E-state index in [1.54, 1.807) is 10.7 Å². The van der Waals surface area contributed by atoms with Crippen LogP contribution in [0.2, 0.25) is 0 Å². The van der Waals surface area contributed by atoms with E-state index in [0.717, 1.165) is 41.9 Å². The Labute approximate surface area is 147 Å². The molecule has 2 aromatic rings. The molecule has 0 amide bonds. The van der Waals surface area contributed by atoms with Gasteiger partial charge in [-0.25, -0.2) is 9.78 Å². The van der Waals surface area contributed by atoms with Gasteiger partial charge in [-0.2, -0.15) is 5.10 Å². The number of hydrogen-bond donors (Lipinski definition) is 0. The fraction of sp³-hybridized carbons (Fsp3) is 0.632. The highest BCUT2D eigenvalue weighted by molar-refractivity contribution is 6.04. The van der Waals surface area contributed by atoms with Crippen molar-refractivity contribution in [2.45, 2.75) is 52.7 Å².